The van der Waals surface area contributed by atoms with E-state index in [9.17, 15) is 14.0 Å². The maximum Gasteiger partial charge on any atom is 0.411 e. The standard InChI is InChI=1S/C11H18FNO4/c1-10(2,3)17-9(16)13-6-5-7(12)11(13,4)8(14)15/h7H,5-6H2,1-4H3,(H,14,15)/t7-,11+/m0/s1. The molecule has 1 amide bonds. The number of rotatable bonds is 1. The van der Waals surface area contributed by atoms with Crippen molar-refractivity contribution in [2.75, 3.05) is 6.54 Å². The number of carboxylic acid groups (broad SMARTS) is 1. The number of hydrogen-bond acceptors (Lipinski definition) is 3. The van der Waals surface area contributed by atoms with Crippen molar-refractivity contribution >= 4 is 12.1 Å². The highest BCUT2D eigenvalue weighted by atomic mass is 19.1. The van der Waals surface area contributed by atoms with Gasteiger partial charge in [0.25, 0.3) is 0 Å². The van der Waals surface area contributed by atoms with Crippen LogP contribution in [0.4, 0.5) is 9.18 Å². The van der Waals surface area contributed by atoms with Crippen molar-refractivity contribution in [3.63, 3.8) is 0 Å². The minimum Gasteiger partial charge on any atom is -0.479 e. The van der Waals surface area contributed by atoms with Crippen LogP contribution in [0, 0.1) is 0 Å². The second-order valence-electron chi connectivity index (χ2n) is 5.34. The Kier molecular flexibility index (Phi) is 3.36. The molecule has 0 aliphatic carbocycles. The number of nitrogens with zero attached hydrogens (tertiary/aromatic N) is 1. The summed E-state index contributed by atoms with van der Waals surface area (Å²) < 4.78 is 18.7. The fourth-order valence-corrected chi connectivity index (χ4v) is 1.77. The van der Waals surface area contributed by atoms with Crippen LogP contribution in [-0.2, 0) is 9.53 Å². The van der Waals surface area contributed by atoms with Gasteiger partial charge in [-0.15, -0.1) is 0 Å². The van der Waals surface area contributed by atoms with E-state index >= 15 is 0 Å². The molecule has 0 aromatic carbocycles. The molecule has 5 nitrogen and oxygen atoms in total. The molecule has 1 fully saturated rings. The molecule has 1 saturated heterocycles. The Bertz CT molecular complexity index is 339. The maximum atomic E-state index is 13.6. The normalized spacial score (nSPS) is 29.2. The fraction of sp³-hybridized carbons (Fsp3) is 0.818. The first-order chi connectivity index (χ1) is 7.59. The minimum atomic E-state index is -1.83. The lowest BCUT2D eigenvalue weighted by Crippen LogP contribution is -2.56. The zero-order chi connectivity index (χ0) is 13.4. The number of alkyl halides is 1. The van der Waals surface area contributed by atoms with Crippen LogP contribution in [0.3, 0.4) is 0 Å². The van der Waals surface area contributed by atoms with E-state index in [1.54, 1.807) is 20.8 Å². The molecular formula is C11H18FNO4. The Morgan fingerprint density at radius 2 is 2.00 bits per heavy atom. The zero-order valence-electron chi connectivity index (χ0n) is 10.5. The highest BCUT2D eigenvalue weighted by molar-refractivity contribution is 5.85. The molecule has 0 spiro atoms. The topological polar surface area (TPSA) is 66.8 Å². The van der Waals surface area contributed by atoms with E-state index in [0.717, 1.165) is 4.90 Å². The van der Waals surface area contributed by atoms with E-state index in [4.69, 9.17) is 9.84 Å². The van der Waals surface area contributed by atoms with Crippen molar-refractivity contribution < 1.29 is 23.8 Å². The molecule has 0 radical (unpaired) electrons. The Morgan fingerprint density at radius 1 is 1.47 bits per heavy atom. The number of likely N-dealkylation sites (tertiary alicyclic amines) is 1. The molecule has 0 aromatic heterocycles. The third-order valence-electron chi connectivity index (χ3n) is 2.82. The number of halogens is 1. The van der Waals surface area contributed by atoms with E-state index in [1.165, 1.54) is 6.92 Å². The van der Waals surface area contributed by atoms with Crippen LogP contribution < -0.4 is 0 Å². The summed E-state index contributed by atoms with van der Waals surface area (Å²) in [6.45, 7) is 6.28. The van der Waals surface area contributed by atoms with Crippen LogP contribution in [0.25, 0.3) is 0 Å². The fourth-order valence-electron chi connectivity index (χ4n) is 1.77. The van der Waals surface area contributed by atoms with E-state index in [-0.39, 0.29) is 13.0 Å². The molecule has 98 valence electrons. The summed E-state index contributed by atoms with van der Waals surface area (Å²) in [5.41, 5.74) is -2.56. The lowest BCUT2D eigenvalue weighted by Gasteiger charge is -2.33. The monoisotopic (exact) mass is 247 g/mol. The summed E-state index contributed by atoms with van der Waals surface area (Å²) in [6, 6.07) is 0. The largest absolute Gasteiger partial charge is 0.479 e. The molecule has 0 unspecified atom stereocenters. The number of carbonyl (C=O) groups is 2. The Morgan fingerprint density at radius 3 is 2.41 bits per heavy atom. The molecule has 1 aliphatic heterocycles. The predicted molar refractivity (Wildman–Crippen MR) is 58.5 cm³/mol. The smallest absolute Gasteiger partial charge is 0.411 e. The molecule has 0 aromatic rings. The first-order valence-electron chi connectivity index (χ1n) is 5.47. The molecule has 6 heteroatoms. The third-order valence-corrected chi connectivity index (χ3v) is 2.82. The van der Waals surface area contributed by atoms with Crippen LogP contribution >= 0.6 is 0 Å². The van der Waals surface area contributed by atoms with Gasteiger partial charge in [0.2, 0.25) is 0 Å². The SMILES string of the molecule is CC(C)(C)OC(=O)N1CC[C@H](F)[C@]1(C)C(=O)O. The summed E-state index contributed by atoms with van der Waals surface area (Å²) in [5, 5.41) is 9.07. The Hall–Kier alpha value is -1.33. The van der Waals surface area contributed by atoms with Gasteiger partial charge >= 0.3 is 12.1 Å². The number of ether oxygens (including phenoxy) is 1. The van der Waals surface area contributed by atoms with Crippen molar-refractivity contribution in [1.29, 1.82) is 0 Å². The summed E-state index contributed by atoms with van der Waals surface area (Å²) >= 11 is 0. The van der Waals surface area contributed by atoms with E-state index in [0.29, 0.717) is 0 Å². The number of aliphatic carboxylic acids is 1. The molecule has 1 aliphatic rings. The third kappa shape index (κ3) is 2.50. The average molecular weight is 247 g/mol. The van der Waals surface area contributed by atoms with Gasteiger partial charge in [0.1, 0.15) is 11.8 Å². The molecular weight excluding hydrogens is 229 g/mol. The van der Waals surface area contributed by atoms with Crippen LogP contribution in [0.2, 0.25) is 0 Å². The van der Waals surface area contributed by atoms with Crippen molar-refractivity contribution in [3.8, 4) is 0 Å². The highest BCUT2D eigenvalue weighted by Gasteiger charge is 2.55. The maximum absolute atomic E-state index is 13.6. The molecule has 1 rings (SSSR count). The molecule has 1 heterocycles. The van der Waals surface area contributed by atoms with Gasteiger partial charge in [-0.1, -0.05) is 0 Å². The molecule has 0 saturated carbocycles. The summed E-state index contributed by atoms with van der Waals surface area (Å²) in [4.78, 5) is 23.9. The van der Waals surface area contributed by atoms with Gasteiger partial charge < -0.3 is 9.84 Å². The first-order valence-corrected chi connectivity index (χ1v) is 5.47. The number of amides is 1. The molecule has 1 N–H and O–H groups in total. The predicted octanol–water partition coefficient (Wildman–Crippen LogP) is 1.81. The van der Waals surface area contributed by atoms with Gasteiger partial charge in [0.15, 0.2) is 5.54 Å². The van der Waals surface area contributed by atoms with Gasteiger partial charge in [-0.05, 0) is 34.1 Å². The van der Waals surface area contributed by atoms with Gasteiger partial charge in [0.05, 0.1) is 0 Å². The van der Waals surface area contributed by atoms with Gasteiger partial charge in [-0.2, -0.15) is 0 Å². The van der Waals surface area contributed by atoms with E-state index in [1.807, 2.05) is 0 Å². The van der Waals surface area contributed by atoms with Crippen molar-refractivity contribution in [2.24, 2.45) is 0 Å². The molecule has 0 bridgehead atoms. The van der Waals surface area contributed by atoms with Crippen molar-refractivity contribution in [2.45, 2.75) is 51.4 Å². The quantitative estimate of drug-likeness (QED) is 0.767. The van der Waals surface area contributed by atoms with Crippen LogP contribution in [0.1, 0.15) is 34.1 Å². The highest BCUT2D eigenvalue weighted by Crippen LogP contribution is 2.33. The van der Waals surface area contributed by atoms with Crippen LogP contribution in [0.15, 0.2) is 0 Å². The zero-order valence-corrected chi connectivity index (χ0v) is 10.5. The average Bonchev–Trinajstić information content (AvgIpc) is 2.42. The Labute approximate surface area is 99.5 Å². The van der Waals surface area contributed by atoms with E-state index < -0.39 is 29.4 Å². The summed E-state index contributed by atoms with van der Waals surface area (Å²) in [7, 11) is 0. The number of hydrogen-bond donors (Lipinski definition) is 1. The summed E-state index contributed by atoms with van der Waals surface area (Å²) in [5.74, 6) is -1.35. The van der Waals surface area contributed by atoms with Crippen molar-refractivity contribution in [3.05, 3.63) is 0 Å². The van der Waals surface area contributed by atoms with Crippen LogP contribution in [-0.4, -0.2) is 45.9 Å². The number of carboxylic acids is 1. The first kappa shape index (κ1) is 13.7. The second-order valence-corrected chi connectivity index (χ2v) is 5.34. The lowest BCUT2D eigenvalue weighted by molar-refractivity contribution is -0.151. The van der Waals surface area contributed by atoms with Gasteiger partial charge in [-0.25, -0.2) is 14.0 Å². The molecule has 17 heavy (non-hydrogen) atoms. The number of carbonyl (C=O) groups excluding carboxylic acids is 1. The van der Waals surface area contributed by atoms with E-state index in [2.05, 4.69) is 0 Å². The Balaban J connectivity index is 2.91. The molecule has 2 atom stereocenters. The van der Waals surface area contributed by atoms with Gasteiger partial charge in [0, 0.05) is 6.54 Å². The van der Waals surface area contributed by atoms with Crippen LogP contribution in [0.5, 0.6) is 0 Å². The lowest BCUT2D eigenvalue weighted by atomic mass is 9.97. The van der Waals surface area contributed by atoms with Crippen molar-refractivity contribution in [1.82, 2.24) is 4.90 Å². The minimum absolute atomic E-state index is 0.0159. The second kappa shape index (κ2) is 4.16. The van der Waals surface area contributed by atoms with Gasteiger partial charge in [-0.3, -0.25) is 4.90 Å². The summed E-state index contributed by atoms with van der Waals surface area (Å²) in [6.07, 6.45) is -2.35.